The van der Waals surface area contributed by atoms with Gasteiger partial charge in [0.2, 0.25) is 0 Å². The third-order valence-corrected chi connectivity index (χ3v) is 4.31. The van der Waals surface area contributed by atoms with Crippen LogP contribution in [-0.2, 0) is 11.7 Å². The fourth-order valence-electron chi connectivity index (χ4n) is 1.70. The zero-order valence-electron chi connectivity index (χ0n) is 10.8. The number of benzene rings is 1. The van der Waals surface area contributed by atoms with Crippen LogP contribution in [-0.4, -0.2) is 4.98 Å². The highest BCUT2D eigenvalue weighted by Crippen LogP contribution is 2.37. The lowest BCUT2D eigenvalue weighted by atomic mass is 9.91. The molecule has 0 fully saturated rings. The molecule has 1 aromatic carbocycles. The van der Waals surface area contributed by atoms with Crippen LogP contribution in [0.1, 0.15) is 27.9 Å². The van der Waals surface area contributed by atoms with E-state index in [9.17, 15) is 17.6 Å². The third kappa shape index (κ3) is 2.69. The predicted octanol–water partition coefficient (Wildman–Crippen LogP) is 3.83. The zero-order chi connectivity index (χ0) is 15.1. The molecule has 1 aromatic heterocycles. The maximum Gasteiger partial charge on any atom is 0.443 e. The Morgan fingerprint density at radius 2 is 1.90 bits per heavy atom. The molecule has 0 spiro atoms. The summed E-state index contributed by atoms with van der Waals surface area (Å²) in [5.41, 5.74) is 5.69. The molecule has 2 rings (SSSR count). The van der Waals surface area contributed by atoms with Crippen LogP contribution < -0.4 is 5.73 Å². The summed E-state index contributed by atoms with van der Waals surface area (Å²) < 4.78 is 51.2. The van der Waals surface area contributed by atoms with Crippen molar-refractivity contribution in [3.05, 3.63) is 51.2 Å². The molecular formula is C13H12F4N2S. The lowest BCUT2D eigenvalue weighted by Gasteiger charge is -2.23. The van der Waals surface area contributed by atoms with E-state index in [0.717, 1.165) is 6.20 Å². The minimum Gasteiger partial charge on any atom is -0.317 e. The second-order valence-corrected chi connectivity index (χ2v) is 5.72. The van der Waals surface area contributed by atoms with Crippen LogP contribution in [0.3, 0.4) is 0 Å². The molecule has 0 aliphatic carbocycles. The van der Waals surface area contributed by atoms with Gasteiger partial charge in [-0.05, 0) is 31.0 Å². The number of rotatable bonds is 2. The quantitative estimate of drug-likeness (QED) is 0.856. The number of hydrogen-bond donors (Lipinski definition) is 1. The van der Waals surface area contributed by atoms with E-state index in [1.165, 1.54) is 13.0 Å². The SMILES string of the molecule is Cc1ccc(C(C)(N)c2cnc(C(F)(F)F)s2)cc1F. The molecule has 0 bridgehead atoms. The van der Waals surface area contributed by atoms with Crippen molar-refractivity contribution in [3.63, 3.8) is 0 Å². The van der Waals surface area contributed by atoms with Crippen LogP contribution in [0.15, 0.2) is 24.4 Å². The topological polar surface area (TPSA) is 38.9 Å². The smallest absolute Gasteiger partial charge is 0.317 e. The van der Waals surface area contributed by atoms with E-state index in [-0.39, 0.29) is 4.88 Å². The molecule has 0 radical (unpaired) electrons. The summed E-state index contributed by atoms with van der Waals surface area (Å²) in [6, 6.07) is 4.38. The number of aryl methyl sites for hydroxylation is 1. The molecule has 2 N–H and O–H groups in total. The molecule has 1 heterocycles. The molecule has 1 atom stereocenters. The van der Waals surface area contributed by atoms with Crippen molar-refractivity contribution in [2.24, 2.45) is 5.73 Å². The summed E-state index contributed by atoms with van der Waals surface area (Å²) >= 11 is 0.468. The summed E-state index contributed by atoms with van der Waals surface area (Å²) in [4.78, 5) is 3.57. The van der Waals surface area contributed by atoms with Crippen LogP contribution >= 0.6 is 11.3 Å². The van der Waals surface area contributed by atoms with Gasteiger partial charge in [0.25, 0.3) is 0 Å². The van der Waals surface area contributed by atoms with E-state index < -0.39 is 22.5 Å². The van der Waals surface area contributed by atoms with Gasteiger partial charge in [-0.1, -0.05) is 12.1 Å². The average molecular weight is 304 g/mol. The largest absolute Gasteiger partial charge is 0.443 e. The molecule has 7 heteroatoms. The van der Waals surface area contributed by atoms with Gasteiger partial charge in [-0.15, -0.1) is 11.3 Å². The summed E-state index contributed by atoms with van der Waals surface area (Å²) in [5, 5.41) is -0.961. The molecule has 0 aliphatic heterocycles. The van der Waals surface area contributed by atoms with Crippen molar-refractivity contribution in [3.8, 4) is 0 Å². The van der Waals surface area contributed by atoms with Gasteiger partial charge in [0.1, 0.15) is 5.82 Å². The molecule has 2 aromatic rings. The van der Waals surface area contributed by atoms with E-state index in [1.54, 1.807) is 19.1 Å². The minimum absolute atomic E-state index is 0.230. The van der Waals surface area contributed by atoms with Crippen LogP contribution in [0.2, 0.25) is 0 Å². The van der Waals surface area contributed by atoms with Crippen LogP contribution in [0, 0.1) is 12.7 Å². The van der Waals surface area contributed by atoms with Gasteiger partial charge in [-0.3, -0.25) is 0 Å². The molecule has 2 nitrogen and oxygen atoms in total. The van der Waals surface area contributed by atoms with E-state index >= 15 is 0 Å². The summed E-state index contributed by atoms with van der Waals surface area (Å²) in [5.74, 6) is -0.445. The van der Waals surface area contributed by atoms with E-state index in [4.69, 9.17) is 5.73 Å². The van der Waals surface area contributed by atoms with Gasteiger partial charge in [0, 0.05) is 11.1 Å². The van der Waals surface area contributed by atoms with E-state index in [1.807, 2.05) is 0 Å². The average Bonchev–Trinajstić information content (AvgIpc) is 2.82. The van der Waals surface area contributed by atoms with Crippen LogP contribution in [0.5, 0.6) is 0 Å². The Labute approximate surface area is 117 Å². The maximum atomic E-state index is 13.6. The fourth-order valence-corrected chi connectivity index (χ4v) is 2.57. The minimum atomic E-state index is -4.50. The number of thiazole rings is 1. The van der Waals surface area contributed by atoms with Crippen LogP contribution in [0.25, 0.3) is 0 Å². The van der Waals surface area contributed by atoms with Gasteiger partial charge >= 0.3 is 6.18 Å². The summed E-state index contributed by atoms with van der Waals surface area (Å²) in [7, 11) is 0. The van der Waals surface area contributed by atoms with Crippen molar-refractivity contribution in [2.45, 2.75) is 25.6 Å². The normalized spacial score (nSPS) is 15.2. The molecule has 0 amide bonds. The fraction of sp³-hybridized carbons (Fsp3) is 0.308. The number of aromatic nitrogens is 1. The lowest BCUT2D eigenvalue weighted by molar-refractivity contribution is -0.137. The lowest BCUT2D eigenvalue weighted by Crippen LogP contribution is -2.33. The number of hydrogen-bond acceptors (Lipinski definition) is 3. The van der Waals surface area contributed by atoms with Gasteiger partial charge < -0.3 is 5.73 Å². The monoisotopic (exact) mass is 304 g/mol. The first-order valence-electron chi connectivity index (χ1n) is 5.71. The Morgan fingerprint density at radius 1 is 1.25 bits per heavy atom. The van der Waals surface area contributed by atoms with Crippen molar-refractivity contribution in [1.29, 1.82) is 0 Å². The summed E-state index contributed by atoms with van der Waals surface area (Å²) in [6.45, 7) is 3.13. The number of alkyl halides is 3. The Bertz CT molecular complexity index is 632. The predicted molar refractivity (Wildman–Crippen MR) is 68.9 cm³/mol. The molecule has 0 aliphatic rings. The Hall–Kier alpha value is -1.47. The molecule has 0 saturated heterocycles. The van der Waals surface area contributed by atoms with Crippen molar-refractivity contribution in [1.82, 2.24) is 4.98 Å². The second kappa shape index (κ2) is 4.82. The number of halogens is 4. The third-order valence-electron chi connectivity index (χ3n) is 3.03. The number of nitrogens with zero attached hydrogens (tertiary/aromatic N) is 1. The maximum absolute atomic E-state index is 13.6. The van der Waals surface area contributed by atoms with Gasteiger partial charge in [-0.25, -0.2) is 9.37 Å². The molecule has 0 saturated carbocycles. The standard InChI is InChI=1S/C13H12F4N2S/c1-7-3-4-8(5-9(7)14)12(2,18)10-6-19-11(20-10)13(15,16)17/h3-6H,18H2,1-2H3. The highest BCUT2D eigenvalue weighted by atomic mass is 32.1. The van der Waals surface area contributed by atoms with Crippen molar-refractivity contribution in [2.75, 3.05) is 0 Å². The van der Waals surface area contributed by atoms with E-state index in [2.05, 4.69) is 4.98 Å². The Balaban J connectivity index is 2.43. The number of nitrogens with two attached hydrogens (primary N) is 1. The van der Waals surface area contributed by atoms with Crippen molar-refractivity contribution >= 4 is 11.3 Å². The van der Waals surface area contributed by atoms with Gasteiger partial charge in [0.15, 0.2) is 5.01 Å². The molecular weight excluding hydrogens is 292 g/mol. The first-order valence-corrected chi connectivity index (χ1v) is 6.53. The Morgan fingerprint density at radius 3 is 2.40 bits per heavy atom. The first-order chi connectivity index (χ1) is 9.12. The van der Waals surface area contributed by atoms with Crippen molar-refractivity contribution < 1.29 is 17.6 Å². The zero-order valence-corrected chi connectivity index (χ0v) is 11.6. The Kier molecular flexibility index (Phi) is 3.60. The molecule has 108 valence electrons. The highest BCUT2D eigenvalue weighted by Gasteiger charge is 2.37. The molecule has 1 unspecified atom stereocenters. The second-order valence-electron chi connectivity index (χ2n) is 4.69. The molecule has 20 heavy (non-hydrogen) atoms. The van der Waals surface area contributed by atoms with Crippen LogP contribution in [0.4, 0.5) is 17.6 Å². The van der Waals surface area contributed by atoms with E-state index in [0.29, 0.717) is 22.5 Å². The summed E-state index contributed by atoms with van der Waals surface area (Å²) in [6.07, 6.45) is -3.41. The highest BCUT2D eigenvalue weighted by molar-refractivity contribution is 7.11. The van der Waals surface area contributed by atoms with Gasteiger partial charge in [-0.2, -0.15) is 13.2 Å². The first kappa shape index (κ1) is 14.9. The van der Waals surface area contributed by atoms with Gasteiger partial charge in [0.05, 0.1) is 5.54 Å².